The summed E-state index contributed by atoms with van der Waals surface area (Å²) in [7, 11) is -2.03. The highest BCUT2D eigenvalue weighted by atomic mass is 32.2. The number of sulfone groups is 1. The Labute approximate surface area is 174 Å². The zero-order valence-corrected chi connectivity index (χ0v) is 17.7. The molecule has 0 heterocycles. The van der Waals surface area contributed by atoms with E-state index in [9.17, 15) is 23.1 Å². The molecule has 30 heavy (non-hydrogen) atoms. The lowest BCUT2D eigenvalue weighted by molar-refractivity contribution is 0.0691. The molecule has 0 aliphatic rings. The highest BCUT2D eigenvalue weighted by molar-refractivity contribution is 7.90. The summed E-state index contributed by atoms with van der Waals surface area (Å²) < 4.78 is 34.7. The summed E-state index contributed by atoms with van der Waals surface area (Å²) in [5.74, 6) is -1.68. The number of nitrogens with one attached hydrogen (secondary N) is 1. The smallest absolute Gasteiger partial charge is 0.338 e. The van der Waals surface area contributed by atoms with Crippen molar-refractivity contribution in [2.45, 2.75) is 13.0 Å². The van der Waals surface area contributed by atoms with Crippen molar-refractivity contribution in [3.05, 3.63) is 53.1 Å². The van der Waals surface area contributed by atoms with Crippen molar-refractivity contribution in [1.82, 2.24) is 5.32 Å². The summed E-state index contributed by atoms with van der Waals surface area (Å²) in [6, 6.07) is 7.96. The van der Waals surface area contributed by atoms with E-state index in [1.165, 1.54) is 25.3 Å². The number of nitrogen functional groups attached to an aromatic ring is 1. The topological polar surface area (TPSA) is 145 Å². The van der Waals surface area contributed by atoms with E-state index in [1.54, 1.807) is 25.1 Å². The fourth-order valence-corrected chi connectivity index (χ4v) is 3.82. The van der Waals surface area contributed by atoms with Crippen molar-refractivity contribution < 1.29 is 32.6 Å². The molecule has 0 radical (unpaired) electrons. The van der Waals surface area contributed by atoms with Gasteiger partial charge >= 0.3 is 5.97 Å². The molecule has 1 unspecified atom stereocenters. The van der Waals surface area contributed by atoms with E-state index in [2.05, 4.69) is 5.32 Å². The Morgan fingerprint density at radius 1 is 1.20 bits per heavy atom. The molecule has 0 aliphatic carbocycles. The second-order valence-corrected chi connectivity index (χ2v) is 8.72. The summed E-state index contributed by atoms with van der Waals surface area (Å²) in [6.45, 7) is 2.14. The molecule has 0 aromatic heterocycles. The zero-order valence-electron chi connectivity index (χ0n) is 16.8. The van der Waals surface area contributed by atoms with Crippen molar-refractivity contribution in [3.8, 4) is 11.5 Å². The number of amides is 1. The van der Waals surface area contributed by atoms with E-state index in [0.717, 1.165) is 6.26 Å². The van der Waals surface area contributed by atoms with Gasteiger partial charge in [0.25, 0.3) is 5.91 Å². The number of rotatable bonds is 9. The minimum Gasteiger partial charge on any atom is -0.493 e. The standard InChI is InChI=1S/C20H24N2O7S/c1-4-29-17-10-12(8-9-16(17)28-2)15(11-30(3,26)27)22-19(23)13-6-5-7-14(21)18(13)20(24)25/h5-10,15H,4,11,21H2,1-3H3,(H,22,23)(H,24,25). The number of anilines is 1. The Kier molecular flexibility index (Phi) is 7.28. The highest BCUT2D eigenvalue weighted by Crippen LogP contribution is 2.31. The molecular weight excluding hydrogens is 412 g/mol. The predicted octanol–water partition coefficient (Wildman–Crippen LogP) is 1.89. The summed E-state index contributed by atoms with van der Waals surface area (Å²) in [5, 5.41) is 12.0. The lowest BCUT2D eigenvalue weighted by atomic mass is 10.0. The number of aromatic carboxylic acids is 1. The van der Waals surface area contributed by atoms with E-state index >= 15 is 0 Å². The fourth-order valence-electron chi connectivity index (χ4n) is 2.94. The molecule has 0 saturated carbocycles. The number of methoxy groups -OCH3 is 1. The Bertz CT molecular complexity index is 1050. The van der Waals surface area contributed by atoms with Gasteiger partial charge < -0.3 is 25.6 Å². The van der Waals surface area contributed by atoms with Gasteiger partial charge in [-0.25, -0.2) is 13.2 Å². The number of hydrogen-bond acceptors (Lipinski definition) is 7. The Hall–Kier alpha value is -3.27. The molecule has 0 fully saturated rings. The van der Waals surface area contributed by atoms with Crippen LogP contribution in [-0.4, -0.2) is 51.1 Å². The van der Waals surface area contributed by atoms with Crippen LogP contribution in [-0.2, 0) is 9.84 Å². The third kappa shape index (κ3) is 5.63. The molecule has 0 aliphatic heterocycles. The van der Waals surface area contributed by atoms with Gasteiger partial charge in [-0.15, -0.1) is 0 Å². The Morgan fingerprint density at radius 2 is 1.90 bits per heavy atom. The molecule has 1 amide bonds. The van der Waals surface area contributed by atoms with Gasteiger partial charge in [0, 0.05) is 11.9 Å². The van der Waals surface area contributed by atoms with Crippen molar-refractivity contribution in [3.63, 3.8) is 0 Å². The normalized spacial score (nSPS) is 12.1. The van der Waals surface area contributed by atoms with Crippen LogP contribution in [0.4, 0.5) is 5.69 Å². The fraction of sp³-hybridized carbons (Fsp3) is 0.300. The van der Waals surface area contributed by atoms with Crippen LogP contribution in [0.25, 0.3) is 0 Å². The molecule has 10 heteroatoms. The second-order valence-electron chi connectivity index (χ2n) is 6.54. The van der Waals surface area contributed by atoms with Crippen LogP contribution in [0.15, 0.2) is 36.4 Å². The van der Waals surface area contributed by atoms with Gasteiger partial charge in [-0.2, -0.15) is 0 Å². The van der Waals surface area contributed by atoms with Crippen LogP contribution in [0, 0.1) is 0 Å². The van der Waals surface area contributed by atoms with E-state index in [1.807, 2.05) is 0 Å². The maximum Gasteiger partial charge on any atom is 0.338 e. The highest BCUT2D eigenvalue weighted by Gasteiger charge is 2.25. The minimum absolute atomic E-state index is 0.0714. The van der Waals surface area contributed by atoms with Gasteiger partial charge in [-0.05, 0) is 36.8 Å². The summed E-state index contributed by atoms with van der Waals surface area (Å²) in [5.41, 5.74) is 5.57. The third-order valence-corrected chi connectivity index (χ3v) is 5.16. The van der Waals surface area contributed by atoms with Crippen molar-refractivity contribution in [1.29, 1.82) is 0 Å². The van der Waals surface area contributed by atoms with Crippen molar-refractivity contribution in [2.75, 3.05) is 31.5 Å². The minimum atomic E-state index is -3.50. The SMILES string of the molecule is CCOc1cc(C(CS(C)(=O)=O)NC(=O)c2cccc(N)c2C(=O)O)ccc1OC. The summed E-state index contributed by atoms with van der Waals surface area (Å²) >= 11 is 0. The van der Waals surface area contributed by atoms with Gasteiger partial charge in [0.15, 0.2) is 11.5 Å². The Morgan fingerprint density at radius 3 is 2.47 bits per heavy atom. The van der Waals surface area contributed by atoms with Crippen LogP contribution in [0.2, 0.25) is 0 Å². The molecule has 0 bridgehead atoms. The van der Waals surface area contributed by atoms with E-state index in [0.29, 0.717) is 23.7 Å². The number of ether oxygens (including phenoxy) is 2. The average molecular weight is 436 g/mol. The first kappa shape index (κ1) is 23.0. The zero-order chi connectivity index (χ0) is 22.5. The predicted molar refractivity (Wildman–Crippen MR) is 112 cm³/mol. The molecule has 9 nitrogen and oxygen atoms in total. The third-order valence-electron chi connectivity index (χ3n) is 4.22. The lowest BCUT2D eigenvalue weighted by Gasteiger charge is -2.21. The lowest BCUT2D eigenvalue weighted by Crippen LogP contribution is -2.34. The molecular formula is C20H24N2O7S. The number of benzene rings is 2. The number of carboxylic acid groups (broad SMARTS) is 1. The van der Waals surface area contributed by atoms with Crippen LogP contribution >= 0.6 is 0 Å². The first-order valence-electron chi connectivity index (χ1n) is 8.98. The number of nitrogens with two attached hydrogens (primary N) is 1. The molecule has 0 saturated heterocycles. The second kappa shape index (κ2) is 9.49. The molecule has 0 spiro atoms. The van der Waals surface area contributed by atoms with Gasteiger partial charge in [0.2, 0.25) is 0 Å². The van der Waals surface area contributed by atoms with Crippen LogP contribution in [0.1, 0.15) is 39.2 Å². The van der Waals surface area contributed by atoms with E-state index in [-0.39, 0.29) is 16.8 Å². The number of carbonyl (C=O) groups is 2. The molecule has 162 valence electrons. The largest absolute Gasteiger partial charge is 0.493 e. The molecule has 2 rings (SSSR count). The van der Waals surface area contributed by atoms with Gasteiger partial charge in [0.1, 0.15) is 9.84 Å². The number of hydrogen-bond donors (Lipinski definition) is 3. The maximum atomic E-state index is 12.8. The van der Waals surface area contributed by atoms with Crippen LogP contribution in [0.3, 0.4) is 0 Å². The number of carboxylic acids is 1. The van der Waals surface area contributed by atoms with Crippen molar-refractivity contribution in [2.24, 2.45) is 0 Å². The van der Waals surface area contributed by atoms with Crippen LogP contribution < -0.4 is 20.5 Å². The molecule has 4 N–H and O–H groups in total. The summed E-state index contributed by atoms with van der Waals surface area (Å²) in [6.07, 6.45) is 1.04. The molecule has 2 aromatic carbocycles. The van der Waals surface area contributed by atoms with Crippen LogP contribution in [0.5, 0.6) is 11.5 Å². The summed E-state index contributed by atoms with van der Waals surface area (Å²) in [4.78, 5) is 24.4. The van der Waals surface area contributed by atoms with Gasteiger partial charge in [-0.3, -0.25) is 4.79 Å². The quantitative estimate of drug-likeness (QED) is 0.505. The van der Waals surface area contributed by atoms with Crippen molar-refractivity contribution >= 4 is 27.4 Å². The maximum absolute atomic E-state index is 12.8. The average Bonchev–Trinajstić information content (AvgIpc) is 2.66. The Balaban J connectivity index is 2.47. The monoisotopic (exact) mass is 436 g/mol. The van der Waals surface area contributed by atoms with E-state index in [4.69, 9.17) is 15.2 Å². The molecule has 2 aromatic rings. The molecule has 1 atom stereocenters. The first-order chi connectivity index (χ1) is 14.1. The van der Waals surface area contributed by atoms with Gasteiger partial charge in [0.05, 0.1) is 36.6 Å². The first-order valence-corrected chi connectivity index (χ1v) is 11.0. The van der Waals surface area contributed by atoms with Gasteiger partial charge in [-0.1, -0.05) is 12.1 Å². The number of carbonyl (C=O) groups excluding carboxylic acids is 1. The van der Waals surface area contributed by atoms with E-state index < -0.39 is 33.5 Å².